The van der Waals surface area contributed by atoms with Gasteiger partial charge < -0.3 is 15.5 Å². The summed E-state index contributed by atoms with van der Waals surface area (Å²) >= 11 is 5.91. The lowest BCUT2D eigenvalue weighted by molar-refractivity contribution is -0.122. The van der Waals surface area contributed by atoms with Crippen LogP contribution in [0.2, 0.25) is 5.28 Å². The van der Waals surface area contributed by atoms with Crippen LogP contribution in [0.3, 0.4) is 0 Å². The highest BCUT2D eigenvalue weighted by Gasteiger charge is 2.26. The Labute approximate surface area is 116 Å². The first-order valence-electron chi connectivity index (χ1n) is 6.10. The van der Waals surface area contributed by atoms with Crippen molar-refractivity contribution in [1.29, 1.82) is 0 Å². The molecule has 0 saturated carbocycles. The smallest absolute Gasteiger partial charge is 0.231 e. The first-order chi connectivity index (χ1) is 8.97. The van der Waals surface area contributed by atoms with Crippen LogP contribution in [0.1, 0.15) is 12.8 Å². The topological polar surface area (TPSA) is 88.2 Å². The lowest BCUT2D eigenvalue weighted by atomic mass is 9.98. The van der Waals surface area contributed by atoms with E-state index < -0.39 is 0 Å². The third kappa shape index (κ3) is 3.23. The number of piperidine rings is 1. The molecule has 0 aromatic carbocycles. The van der Waals surface area contributed by atoms with Gasteiger partial charge in [0.2, 0.25) is 23.1 Å². The molecule has 1 saturated heterocycles. The molecule has 0 spiro atoms. The van der Waals surface area contributed by atoms with Crippen molar-refractivity contribution >= 4 is 29.4 Å². The Bertz CT molecular complexity index is 480. The van der Waals surface area contributed by atoms with Gasteiger partial charge in [-0.1, -0.05) is 0 Å². The quantitative estimate of drug-likeness (QED) is 0.858. The van der Waals surface area contributed by atoms with Gasteiger partial charge >= 0.3 is 0 Å². The number of aromatic nitrogens is 3. The highest BCUT2D eigenvalue weighted by atomic mass is 35.5. The number of halogens is 1. The van der Waals surface area contributed by atoms with Crippen molar-refractivity contribution in [3.63, 3.8) is 0 Å². The van der Waals surface area contributed by atoms with E-state index in [0.29, 0.717) is 18.4 Å². The molecule has 0 bridgehead atoms. The van der Waals surface area contributed by atoms with E-state index in [2.05, 4.69) is 15.0 Å². The molecule has 1 aliphatic heterocycles. The van der Waals surface area contributed by atoms with Crippen LogP contribution in [0.4, 0.5) is 11.9 Å². The van der Waals surface area contributed by atoms with Crippen LogP contribution >= 0.6 is 11.6 Å². The maximum absolute atomic E-state index is 11.3. The Hall–Kier alpha value is -1.63. The fourth-order valence-corrected chi connectivity index (χ4v) is 2.21. The van der Waals surface area contributed by atoms with Gasteiger partial charge in [0.15, 0.2) is 0 Å². The second kappa shape index (κ2) is 5.56. The Morgan fingerprint density at radius 3 is 2.79 bits per heavy atom. The van der Waals surface area contributed by atoms with Crippen molar-refractivity contribution < 1.29 is 4.79 Å². The second-order valence-electron chi connectivity index (χ2n) is 4.79. The summed E-state index contributed by atoms with van der Waals surface area (Å²) in [7, 11) is 3.66. The van der Waals surface area contributed by atoms with Crippen molar-refractivity contribution in [3.8, 4) is 0 Å². The fraction of sp³-hybridized carbons (Fsp3) is 0.636. The van der Waals surface area contributed by atoms with Gasteiger partial charge in [0, 0.05) is 27.2 Å². The molecule has 2 N–H and O–H groups in total. The number of rotatable bonds is 3. The van der Waals surface area contributed by atoms with E-state index in [1.807, 2.05) is 19.0 Å². The number of hydrogen-bond donors (Lipinski definition) is 1. The predicted molar refractivity (Wildman–Crippen MR) is 73.3 cm³/mol. The molecule has 2 heterocycles. The van der Waals surface area contributed by atoms with E-state index in [1.165, 1.54) is 0 Å². The Morgan fingerprint density at radius 2 is 2.16 bits per heavy atom. The van der Waals surface area contributed by atoms with Crippen LogP contribution in [-0.4, -0.2) is 48.0 Å². The first kappa shape index (κ1) is 13.8. The van der Waals surface area contributed by atoms with Crippen molar-refractivity contribution in [2.75, 3.05) is 37.0 Å². The average molecular weight is 285 g/mol. The zero-order valence-electron chi connectivity index (χ0n) is 11.0. The summed E-state index contributed by atoms with van der Waals surface area (Å²) in [5.41, 5.74) is 5.36. The summed E-state index contributed by atoms with van der Waals surface area (Å²) in [4.78, 5) is 27.5. The number of carbonyl (C=O) groups excluding carboxylic acids is 1. The fourth-order valence-electron chi connectivity index (χ4n) is 2.06. The monoisotopic (exact) mass is 284 g/mol. The average Bonchev–Trinajstić information content (AvgIpc) is 2.38. The molecule has 1 unspecified atom stereocenters. The van der Waals surface area contributed by atoms with E-state index in [0.717, 1.165) is 19.4 Å². The molecule has 2 rings (SSSR count). The zero-order chi connectivity index (χ0) is 14.0. The van der Waals surface area contributed by atoms with Crippen LogP contribution < -0.4 is 15.5 Å². The molecular formula is C11H17ClN6O. The van der Waals surface area contributed by atoms with Gasteiger partial charge in [-0.05, 0) is 24.4 Å². The van der Waals surface area contributed by atoms with Gasteiger partial charge in [0.1, 0.15) is 0 Å². The number of nitrogens with two attached hydrogens (primary N) is 1. The molecule has 19 heavy (non-hydrogen) atoms. The molecule has 1 amide bonds. The third-order valence-corrected chi connectivity index (χ3v) is 3.26. The Kier molecular flexibility index (Phi) is 4.04. The number of carbonyl (C=O) groups is 1. The van der Waals surface area contributed by atoms with Crippen LogP contribution in [-0.2, 0) is 4.79 Å². The van der Waals surface area contributed by atoms with Gasteiger partial charge in [0.05, 0.1) is 5.92 Å². The Balaban J connectivity index is 2.23. The maximum atomic E-state index is 11.3. The SMILES string of the molecule is CN(C)c1nc(Cl)nc(N2CCCC(C(N)=O)C2)n1. The van der Waals surface area contributed by atoms with E-state index in [-0.39, 0.29) is 17.1 Å². The summed E-state index contributed by atoms with van der Waals surface area (Å²) in [5.74, 6) is 0.552. The number of anilines is 2. The zero-order valence-corrected chi connectivity index (χ0v) is 11.8. The molecule has 0 radical (unpaired) electrons. The van der Waals surface area contributed by atoms with Gasteiger partial charge in [0.25, 0.3) is 0 Å². The molecule has 7 nitrogen and oxygen atoms in total. The van der Waals surface area contributed by atoms with Crippen molar-refractivity contribution in [1.82, 2.24) is 15.0 Å². The highest BCUT2D eigenvalue weighted by molar-refractivity contribution is 6.28. The number of amides is 1. The maximum Gasteiger partial charge on any atom is 0.231 e. The van der Waals surface area contributed by atoms with Crippen LogP contribution in [0.15, 0.2) is 0 Å². The van der Waals surface area contributed by atoms with Crippen LogP contribution in [0.25, 0.3) is 0 Å². The molecule has 0 aliphatic carbocycles. The number of primary amides is 1. The normalized spacial score (nSPS) is 19.3. The number of nitrogens with zero attached hydrogens (tertiary/aromatic N) is 5. The van der Waals surface area contributed by atoms with E-state index >= 15 is 0 Å². The molecule has 1 fully saturated rings. The largest absolute Gasteiger partial charge is 0.369 e. The lowest BCUT2D eigenvalue weighted by Gasteiger charge is -2.31. The summed E-state index contributed by atoms with van der Waals surface area (Å²) in [6, 6.07) is 0. The van der Waals surface area contributed by atoms with Crippen molar-refractivity contribution in [3.05, 3.63) is 5.28 Å². The summed E-state index contributed by atoms with van der Waals surface area (Å²) in [5, 5.41) is 0.148. The van der Waals surface area contributed by atoms with Gasteiger partial charge in [-0.25, -0.2) is 0 Å². The van der Waals surface area contributed by atoms with E-state index in [1.54, 1.807) is 4.90 Å². The van der Waals surface area contributed by atoms with Gasteiger partial charge in [-0.2, -0.15) is 15.0 Å². The predicted octanol–water partition coefficient (Wildman–Crippen LogP) is 0.293. The van der Waals surface area contributed by atoms with Crippen molar-refractivity contribution in [2.24, 2.45) is 11.7 Å². The van der Waals surface area contributed by atoms with Crippen LogP contribution in [0.5, 0.6) is 0 Å². The molecule has 1 atom stereocenters. The second-order valence-corrected chi connectivity index (χ2v) is 5.12. The summed E-state index contributed by atoms with van der Waals surface area (Å²) in [6.07, 6.45) is 1.69. The number of hydrogen-bond acceptors (Lipinski definition) is 6. The van der Waals surface area contributed by atoms with E-state index in [9.17, 15) is 4.79 Å². The van der Waals surface area contributed by atoms with Gasteiger partial charge in [-0.3, -0.25) is 4.79 Å². The minimum Gasteiger partial charge on any atom is -0.369 e. The van der Waals surface area contributed by atoms with Crippen molar-refractivity contribution in [2.45, 2.75) is 12.8 Å². The molecule has 104 valence electrons. The molecule has 8 heteroatoms. The van der Waals surface area contributed by atoms with Gasteiger partial charge in [-0.15, -0.1) is 0 Å². The minimum absolute atomic E-state index is 0.148. The third-order valence-electron chi connectivity index (χ3n) is 3.09. The molecule has 1 aromatic rings. The van der Waals surface area contributed by atoms with E-state index in [4.69, 9.17) is 17.3 Å². The Morgan fingerprint density at radius 1 is 1.42 bits per heavy atom. The highest BCUT2D eigenvalue weighted by Crippen LogP contribution is 2.22. The standard InChI is InChI=1S/C11H17ClN6O/c1-17(2)10-14-9(12)15-11(16-10)18-5-3-4-7(6-18)8(13)19/h7H,3-6H2,1-2H3,(H2,13,19). The molecule has 1 aliphatic rings. The first-order valence-corrected chi connectivity index (χ1v) is 6.48. The van der Waals surface area contributed by atoms with Crippen LogP contribution in [0, 0.1) is 5.92 Å². The molecular weight excluding hydrogens is 268 g/mol. The molecule has 1 aromatic heterocycles. The lowest BCUT2D eigenvalue weighted by Crippen LogP contribution is -2.42. The summed E-state index contributed by atoms with van der Waals surface area (Å²) in [6.45, 7) is 1.32. The summed E-state index contributed by atoms with van der Waals surface area (Å²) < 4.78 is 0. The minimum atomic E-state index is -0.280.